The minimum atomic E-state index is -3.73. The van der Waals surface area contributed by atoms with Crippen LogP contribution < -0.4 is 14.8 Å². The van der Waals surface area contributed by atoms with Gasteiger partial charge in [0, 0.05) is 11.6 Å². The van der Waals surface area contributed by atoms with E-state index in [9.17, 15) is 21.6 Å². The van der Waals surface area contributed by atoms with Crippen molar-refractivity contribution in [2.24, 2.45) is 0 Å². The van der Waals surface area contributed by atoms with Crippen molar-refractivity contribution in [3.05, 3.63) is 59.7 Å². The summed E-state index contributed by atoms with van der Waals surface area (Å²) in [5, 5.41) is 2.77. The highest BCUT2D eigenvalue weighted by atomic mass is 32.2. The highest BCUT2D eigenvalue weighted by Gasteiger charge is 2.19. The average molecular weight is 440 g/mol. The number of benzene rings is 2. The lowest BCUT2D eigenvalue weighted by Gasteiger charge is -2.18. The third-order valence-corrected chi connectivity index (χ3v) is 6.11. The summed E-state index contributed by atoms with van der Waals surface area (Å²) < 4.78 is 52.7. The highest BCUT2D eigenvalue weighted by Crippen LogP contribution is 2.24. The molecule has 2 aromatic rings. The van der Waals surface area contributed by atoms with Crippen molar-refractivity contribution in [3.8, 4) is 0 Å². The maximum absolute atomic E-state index is 12.7. The van der Waals surface area contributed by atoms with Crippen LogP contribution in [0.2, 0.25) is 0 Å². The summed E-state index contributed by atoms with van der Waals surface area (Å²) in [5.74, 6) is -0.478. The molecule has 158 valence electrons. The van der Waals surface area contributed by atoms with Crippen molar-refractivity contribution in [3.63, 3.8) is 0 Å². The Kier molecular flexibility index (Phi) is 7.04. The first kappa shape index (κ1) is 22.9. The topological polar surface area (TPSA) is 121 Å². The fourth-order valence-electron chi connectivity index (χ4n) is 2.71. The summed E-state index contributed by atoms with van der Waals surface area (Å²) in [5.41, 5.74) is 1.12. The summed E-state index contributed by atoms with van der Waals surface area (Å²) in [4.78, 5) is 12.7. The zero-order valence-electron chi connectivity index (χ0n) is 16.6. The molecular formula is C19H25N3O5S2. The third-order valence-electron chi connectivity index (χ3n) is 3.87. The van der Waals surface area contributed by atoms with E-state index in [4.69, 9.17) is 0 Å². The van der Waals surface area contributed by atoms with Crippen molar-refractivity contribution in [2.75, 3.05) is 11.0 Å². The first-order chi connectivity index (χ1) is 13.4. The van der Waals surface area contributed by atoms with Crippen LogP contribution in [0.1, 0.15) is 42.7 Å². The number of anilines is 1. The van der Waals surface area contributed by atoms with Crippen LogP contribution in [0.4, 0.5) is 5.69 Å². The fraction of sp³-hybridized carbons (Fsp3) is 0.316. The second-order valence-corrected chi connectivity index (χ2v) is 10.4. The van der Waals surface area contributed by atoms with Gasteiger partial charge in [-0.05, 0) is 50.6 Å². The Morgan fingerprint density at radius 2 is 1.59 bits per heavy atom. The largest absolute Gasteiger partial charge is 0.345 e. The van der Waals surface area contributed by atoms with Crippen LogP contribution in [-0.2, 0) is 20.0 Å². The third kappa shape index (κ3) is 6.55. The number of sulfonamides is 2. The maximum Gasteiger partial charge on any atom is 0.251 e. The van der Waals surface area contributed by atoms with Crippen LogP contribution in [-0.4, -0.2) is 35.0 Å². The van der Waals surface area contributed by atoms with Crippen LogP contribution in [0.5, 0.6) is 0 Å². The van der Waals surface area contributed by atoms with E-state index in [-0.39, 0.29) is 16.5 Å². The van der Waals surface area contributed by atoms with Gasteiger partial charge in [-0.2, -0.15) is 0 Å². The van der Waals surface area contributed by atoms with Gasteiger partial charge in [0.15, 0.2) is 0 Å². The molecule has 0 bridgehead atoms. The molecule has 2 aromatic carbocycles. The predicted octanol–water partition coefficient (Wildman–Crippen LogP) is 2.24. The second-order valence-electron chi connectivity index (χ2n) is 6.96. The van der Waals surface area contributed by atoms with Crippen LogP contribution in [0.25, 0.3) is 0 Å². The minimum absolute atomic E-state index is 0.00866. The summed E-state index contributed by atoms with van der Waals surface area (Å²) in [6.45, 7) is 5.12. The molecule has 3 N–H and O–H groups in total. The number of amides is 1. The van der Waals surface area contributed by atoms with Gasteiger partial charge in [-0.25, -0.2) is 21.6 Å². The van der Waals surface area contributed by atoms with Crippen molar-refractivity contribution in [1.82, 2.24) is 10.0 Å². The molecule has 2 rings (SSSR count). The first-order valence-corrected chi connectivity index (χ1v) is 12.3. The van der Waals surface area contributed by atoms with Crippen molar-refractivity contribution < 1.29 is 21.6 Å². The molecule has 8 nitrogen and oxygen atoms in total. The number of nitrogens with one attached hydrogen (secondary N) is 3. The van der Waals surface area contributed by atoms with Gasteiger partial charge in [0.25, 0.3) is 5.91 Å². The molecule has 1 atom stereocenters. The Morgan fingerprint density at radius 3 is 2.21 bits per heavy atom. The summed E-state index contributed by atoms with van der Waals surface area (Å²) in [6.07, 6.45) is 1.05. The molecule has 1 amide bonds. The van der Waals surface area contributed by atoms with Gasteiger partial charge in [0.1, 0.15) is 0 Å². The first-order valence-electron chi connectivity index (χ1n) is 8.89. The zero-order valence-corrected chi connectivity index (χ0v) is 18.3. The van der Waals surface area contributed by atoms with Gasteiger partial charge in [-0.3, -0.25) is 9.52 Å². The van der Waals surface area contributed by atoms with E-state index >= 15 is 0 Å². The van der Waals surface area contributed by atoms with E-state index in [1.165, 1.54) is 24.3 Å². The maximum atomic E-state index is 12.7. The van der Waals surface area contributed by atoms with Crippen LogP contribution in [0, 0.1) is 0 Å². The molecule has 0 saturated heterocycles. The molecule has 0 aromatic heterocycles. The molecule has 0 unspecified atom stereocenters. The van der Waals surface area contributed by atoms with Gasteiger partial charge in [-0.1, -0.05) is 24.3 Å². The highest BCUT2D eigenvalue weighted by molar-refractivity contribution is 7.92. The molecule has 29 heavy (non-hydrogen) atoms. The number of para-hydroxylation sites is 1. The Morgan fingerprint density at radius 1 is 0.931 bits per heavy atom. The zero-order chi connectivity index (χ0) is 21.8. The standard InChI is InChI=1S/C19H25N3O5S2/c1-13(2)21-29(26,27)16-9-7-8-15(12-16)19(23)20-14(3)17-10-5-6-11-18(17)22-28(4,24)25/h5-14,21-22H,1-4H3,(H,20,23)/t14-/m1/s1. The van der Waals surface area contributed by atoms with Gasteiger partial charge in [0.05, 0.1) is 22.9 Å². The predicted molar refractivity (Wildman–Crippen MR) is 113 cm³/mol. The molecule has 0 radical (unpaired) electrons. The number of carbonyl (C=O) groups excluding carboxylic acids is 1. The lowest BCUT2D eigenvalue weighted by Crippen LogP contribution is -2.31. The average Bonchev–Trinajstić information content (AvgIpc) is 2.59. The Hall–Kier alpha value is -2.43. The molecule has 0 fully saturated rings. The van der Waals surface area contributed by atoms with Crippen LogP contribution in [0.15, 0.2) is 53.4 Å². The van der Waals surface area contributed by atoms with E-state index < -0.39 is 32.0 Å². The molecular weight excluding hydrogens is 414 g/mol. The van der Waals surface area contributed by atoms with Gasteiger partial charge >= 0.3 is 0 Å². The lowest BCUT2D eigenvalue weighted by atomic mass is 10.1. The molecule has 0 saturated carbocycles. The Labute approximate surface area is 171 Å². The van der Waals surface area contributed by atoms with Crippen molar-refractivity contribution in [2.45, 2.75) is 37.8 Å². The number of carbonyl (C=O) groups is 1. The summed E-state index contributed by atoms with van der Waals surface area (Å²) in [6, 6.07) is 11.6. The smallest absolute Gasteiger partial charge is 0.251 e. The van der Waals surface area contributed by atoms with Crippen LogP contribution >= 0.6 is 0 Å². The molecule has 0 spiro atoms. The fourth-order valence-corrected chi connectivity index (χ4v) is 4.59. The van der Waals surface area contributed by atoms with Gasteiger partial charge in [-0.15, -0.1) is 0 Å². The molecule has 0 heterocycles. The van der Waals surface area contributed by atoms with Crippen LogP contribution in [0.3, 0.4) is 0 Å². The summed E-state index contributed by atoms with van der Waals surface area (Å²) >= 11 is 0. The van der Waals surface area contributed by atoms with E-state index in [1.807, 2.05) is 0 Å². The monoisotopic (exact) mass is 439 g/mol. The van der Waals surface area contributed by atoms with E-state index in [2.05, 4.69) is 14.8 Å². The molecule has 0 aliphatic carbocycles. The molecule has 0 aliphatic heterocycles. The minimum Gasteiger partial charge on any atom is -0.345 e. The normalized spacial score (nSPS) is 13.1. The van der Waals surface area contributed by atoms with E-state index in [1.54, 1.807) is 45.0 Å². The van der Waals surface area contributed by atoms with Gasteiger partial charge in [0.2, 0.25) is 20.0 Å². The lowest BCUT2D eigenvalue weighted by molar-refractivity contribution is 0.0940. The molecule has 10 heteroatoms. The quantitative estimate of drug-likeness (QED) is 0.582. The van der Waals surface area contributed by atoms with Gasteiger partial charge < -0.3 is 5.32 Å². The Bertz CT molecular complexity index is 1100. The number of rotatable bonds is 8. The summed E-state index contributed by atoms with van der Waals surface area (Å²) in [7, 11) is -7.21. The Balaban J connectivity index is 2.25. The van der Waals surface area contributed by atoms with Crippen molar-refractivity contribution >= 4 is 31.6 Å². The number of hydrogen-bond acceptors (Lipinski definition) is 5. The molecule has 0 aliphatic rings. The van der Waals surface area contributed by atoms with E-state index in [0.29, 0.717) is 11.3 Å². The SMILES string of the molecule is CC(C)NS(=O)(=O)c1cccc(C(=O)N[C@H](C)c2ccccc2NS(C)(=O)=O)c1. The number of hydrogen-bond donors (Lipinski definition) is 3. The second kappa shape index (κ2) is 8.93. The van der Waals surface area contributed by atoms with Crippen molar-refractivity contribution in [1.29, 1.82) is 0 Å². The van der Waals surface area contributed by atoms with E-state index in [0.717, 1.165) is 6.26 Å².